The number of hydrogen-bond donors (Lipinski definition) is 2. The molecule has 1 aromatic heterocycles. The maximum Gasteiger partial charge on any atom is 0.315 e. The van der Waals surface area contributed by atoms with E-state index in [1.54, 1.807) is 6.20 Å². The maximum atomic E-state index is 10.0. The summed E-state index contributed by atoms with van der Waals surface area (Å²) in [6.45, 7) is 0.466. The molecule has 21 heavy (non-hydrogen) atoms. The van der Waals surface area contributed by atoms with Crippen LogP contribution in [-0.2, 0) is 6.54 Å². The molecule has 1 unspecified atom stereocenters. The largest absolute Gasteiger partial charge is 0.435 e. The molecule has 106 valence electrons. The van der Waals surface area contributed by atoms with Gasteiger partial charge < -0.3 is 9.42 Å². The van der Waals surface area contributed by atoms with Crippen LogP contribution >= 0.6 is 8.53 Å². The number of aromatic nitrogens is 1. The highest BCUT2D eigenvalue weighted by Gasteiger charge is 2.10. The first-order valence-corrected chi connectivity index (χ1v) is 7.82. The Morgan fingerprint density at radius 3 is 2.67 bits per heavy atom. The molecule has 4 nitrogen and oxygen atoms in total. The van der Waals surface area contributed by atoms with Crippen molar-refractivity contribution < 1.29 is 9.42 Å². The molecule has 0 saturated carbocycles. The van der Waals surface area contributed by atoms with Crippen molar-refractivity contribution >= 4 is 19.3 Å². The lowest BCUT2D eigenvalue weighted by Gasteiger charge is -2.14. The first-order chi connectivity index (χ1) is 10.3. The number of fused-ring (bicyclic) bond motifs is 1. The summed E-state index contributed by atoms with van der Waals surface area (Å²) in [7, 11) is -1.74. The molecular weight excluding hydrogens is 283 g/mol. The summed E-state index contributed by atoms with van der Waals surface area (Å²) in [6, 6.07) is 19.4. The molecule has 1 atom stereocenters. The second-order valence-electron chi connectivity index (χ2n) is 4.50. The van der Waals surface area contributed by atoms with E-state index in [1.807, 2.05) is 60.7 Å². The predicted molar refractivity (Wildman–Crippen MR) is 84.8 cm³/mol. The lowest BCUT2D eigenvalue weighted by molar-refractivity contribution is 0.471. The van der Waals surface area contributed by atoms with Crippen LogP contribution in [0.1, 0.15) is 5.69 Å². The zero-order valence-corrected chi connectivity index (χ0v) is 12.2. The van der Waals surface area contributed by atoms with Crippen molar-refractivity contribution in [2.24, 2.45) is 0 Å². The number of pyridine rings is 1. The van der Waals surface area contributed by atoms with Crippen LogP contribution in [0.2, 0.25) is 0 Å². The SMILES string of the molecule is OP(NCc1ccccn1)Oc1cccc2ccccc12. The van der Waals surface area contributed by atoms with Crippen LogP contribution in [0.5, 0.6) is 5.75 Å². The van der Waals surface area contributed by atoms with Gasteiger partial charge in [-0.05, 0) is 23.6 Å². The lowest BCUT2D eigenvalue weighted by Crippen LogP contribution is -2.10. The van der Waals surface area contributed by atoms with Gasteiger partial charge in [-0.25, -0.2) is 5.09 Å². The molecule has 0 amide bonds. The Balaban J connectivity index is 1.67. The van der Waals surface area contributed by atoms with Crippen molar-refractivity contribution in [1.29, 1.82) is 0 Å². The van der Waals surface area contributed by atoms with E-state index in [-0.39, 0.29) is 0 Å². The van der Waals surface area contributed by atoms with Gasteiger partial charge in [-0.1, -0.05) is 42.5 Å². The average molecular weight is 298 g/mol. The maximum absolute atomic E-state index is 10.0. The van der Waals surface area contributed by atoms with Gasteiger partial charge in [0.25, 0.3) is 0 Å². The second kappa shape index (κ2) is 6.64. The van der Waals surface area contributed by atoms with E-state index in [0.29, 0.717) is 12.3 Å². The van der Waals surface area contributed by atoms with Crippen LogP contribution in [0.15, 0.2) is 66.9 Å². The summed E-state index contributed by atoms with van der Waals surface area (Å²) in [5, 5.41) is 5.02. The molecule has 3 aromatic rings. The minimum absolute atomic E-state index is 0.466. The highest BCUT2D eigenvalue weighted by Crippen LogP contribution is 2.34. The fraction of sp³-hybridized carbons (Fsp3) is 0.0625. The van der Waals surface area contributed by atoms with Crippen LogP contribution in [0.3, 0.4) is 0 Å². The molecule has 3 rings (SSSR count). The van der Waals surface area contributed by atoms with Crippen LogP contribution in [-0.4, -0.2) is 9.88 Å². The van der Waals surface area contributed by atoms with Gasteiger partial charge in [0.1, 0.15) is 5.75 Å². The van der Waals surface area contributed by atoms with Gasteiger partial charge in [0.05, 0.1) is 5.69 Å². The molecule has 0 bridgehead atoms. The first-order valence-electron chi connectivity index (χ1n) is 6.61. The molecular formula is C16H15N2O2P. The van der Waals surface area contributed by atoms with E-state index in [4.69, 9.17) is 4.52 Å². The quantitative estimate of drug-likeness (QED) is 0.706. The number of benzene rings is 2. The molecule has 2 N–H and O–H groups in total. The Bertz CT molecular complexity index is 716. The van der Waals surface area contributed by atoms with Crippen molar-refractivity contribution in [1.82, 2.24) is 10.1 Å². The van der Waals surface area contributed by atoms with Crippen LogP contribution in [0.4, 0.5) is 0 Å². The van der Waals surface area contributed by atoms with E-state index < -0.39 is 8.53 Å². The number of nitrogens with zero attached hydrogens (tertiary/aromatic N) is 1. The van der Waals surface area contributed by atoms with Crippen molar-refractivity contribution in [2.75, 3.05) is 0 Å². The van der Waals surface area contributed by atoms with E-state index >= 15 is 0 Å². The number of rotatable bonds is 5. The van der Waals surface area contributed by atoms with Crippen molar-refractivity contribution in [3.05, 3.63) is 72.6 Å². The van der Waals surface area contributed by atoms with E-state index in [0.717, 1.165) is 16.5 Å². The van der Waals surface area contributed by atoms with Crippen LogP contribution < -0.4 is 9.61 Å². The highest BCUT2D eigenvalue weighted by atomic mass is 31.2. The standard InChI is InChI=1S/C16H15N2O2P/c19-21(18-12-14-8-3-4-11-17-14)20-16-10-5-7-13-6-1-2-9-15(13)16/h1-11,18-19H,12H2. The summed E-state index contributed by atoms with van der Waals surface area (Å²) in [5.74, 6) is 0.676. The van der Waals surface area contributed by atoms with Gasteiger partial charge in [0.2, 0.25) is 0 Å². The topological polar surface area (TPSA) is 54.4 Å². The lowest BCUT2D eigenvalue weighted by atomic mass is 10.1. The molecule has 0 radical (unpaired) electrons. The van der Waals surface area contributed by atoms with Gasteiger partial charge in [-0.3, -0.25) is 4.98 Å². The summed E-state index contributed by atoms with van der Waals surface area (Å²) in [4.78, 5) is 14.2. The molecule has 0 aliphatic carbocycles. The summed E-state index contributed by atoms with van der Waals surface area (Å²) >= 11 is 0. The fourth-order valence-electron chi connectivity index (χ4n) is 2.05. The van der Waals surface area contributed by atoms with E-state index in [9.17, 15) is 4.89 Å². The van der Waals surface area contributed by atoms with Gasteiger partial charge in [0.15, 0.2) is 0 Å². The molecule has 0 fully saturated rings. The molecule has 2 aromatic carbocycles. The molecule has 0 saturated heterocycles. The zero-order chi connectivity index (χ0) is 14.5. The Morgan fingerprint density at radius 1 is 1.00 bits per heavy atom. The summed E-state index contributed by atoms with van der Waals surface area (Å²) < 4.78 is 5.63. The predicted octanol–water partition coefficient (Wildman–Crippen LogP) is 3.62. The number of hydrogen-bond acceptors (Lipinski definition) is 4. The second-order valence-corrected chi connectivity index (χ2v) is 5.54. The molecule has 0 aliphatic rings. The van der Waals surface area contributed by atoms with Crippen LogP contribution in [0, 0.1) is 0 Å². The van der Waals surface area contributed by atoms with E-state index in [2.05, 4.69) is 10.1 Å². The number of nitrogens with one attached hydrogen (secondary N) is 1. The van der Waals surface area contributed by atoms with Crippen molar-refractivity contribution in [2.45, 2.75) is 6.54 Å². The fourth-order valence-corrected chi connectivity index (χ4v) is 2.76. The zero-order valence-electron chi connectivity index (χ0n) is 11.3. The van der Waals surface area contributed by atoms with E-state index in [1.165, 1.54) is 0 Å². The molecule has 5 heteroatoms. The Hall–Kier alpha value is -2.00. The molecule has 1 heterocycles. The minimum atomic E-state index is -1.74. The summed E-state index contributed by atoms with van der Waals surface area (Å²) in [6.07, 6.45) is 1.72. The van der Waals surface area contributed by atoms with Crippen molar-refractivity contribution in [3.63, 3.8) is 0 Å². The van der Waals surface area contributed by atoms with Crippen LogP contribution in [0.25, 0.3) is 10.8 Å². The van der Waals surface area contributed by atoms with Gasteiger partial charge in [-0.2, -0.15) is 0 Å². The smallest absolute Gasteiger partial charge is 0.315 e. The molecule has 0 spiro atoms. The van der Waals surface area contributed by atoms with Crippen molar-refractivity contribution in [3.8, 4) is 5.75 Å². The first kappa shape index (κ1) is 14.0. The van der Waals surface area contributed by atoms with Gasteiger partial charge in [0, 0.05) is 18.1 Å². The minimum Gasteiger partial charge on any atom is -0.435 e. The summed E-state index contributed by atoms with van der Waals surface area (Å²) in [5.41, 5.74) is 0.862. The third kappa shape index (κ3) is 3.56. The normalized spacial score (nSPS) is 12.2. The Labute approximate surface area is 124 Å². The highest BCUT2D eigenvalue weighted by molar-refractivity contribution is 7.44. The molecule has 0 aliphatic heterocycles. The Kier molecular flexibility index (Phi) is 4.41. The third-order valence-electron chi connectivity index (χ3n) is 3.06. The monoisotopic (exact) mass is 298 g/mol. The van der Waals surface area contributed by atoms with Gasteiger partial charge >= 0.3 is 8.53 Å². The Morgan fingerprint density at radius 2 is 1.81 bits per heavy atom. The third-order valence-corrected chi connectivity index (χ3v) is 3.85. The van der Waals surface area contributed by atoms with Gasteiger partial charge in [-0.15, -0.1) is 0 Å². The average Bonchev–Trinajstić information content (AvgIpc) is 2.54.